The molecule has 5 heteroatoms. The lowest BCUT2D eigenvalue weighted by atomic mass is 9.70. The van der Waals surface area contributed by atoms with E-state index in [-0.39, 0.29) is 30.4 Å². The van der Waals surface area contributed by atoms with E-state index in [9.17, 15) is 0 Å². The molecule has 1 aliphatic rings. The van der Waals surface area contributed by atoms with Gasteiger partial charge in [-0.1, -0.05) is 26.8 Å². The van der Waals surface area contributed by atoms with Gasteiger partial charge in [0.1, 0.15) is 0 Å². The lowest BCUT2D eigenvalue weighted by Gasteiger charge is -2.32. The highest BCUT2D eigenvalue weighted by molar-refractivity contribution is 6.47. The molecule has 0 bridgehead atoms. The molecule has 0 aliphatic carbocycles. The van der Waals surface area contributed by atoms with E-state index in [1.54, 1.807) is 7.11 Å². The van der Waals surface area contributed by atoms with Crippen molar-refractivity contribution >= 4 is 7.12 Å². The van der Waals surface area contributed by atoms with Crippen LogP contribution in [0.25, 0.3) is 0 Å². The number of hydrogen-bond acceptors (Lipinski definition) is 4. The second kappa shape index (κ2) is 6.72. The van der Waals surface area contributed by atoms with Gasteiger partial charge < -0.3 is 19.4 Å². The van der Waals surface area contributed by atoms with E-state index in [0.717, 1.165) is 12.1 Å². The fourth-order valence-corrected chi connectivity index (χ4v) is 2.24. The van der Waals surface area contributed by atoms with Gasteiger partial charge in [0.05, 0.1) is 23.2 Å². The molecule has 1 aliphatic heterocycles. The molecule has 0 aromatic heterocycles. The van der Waals surface area contributed by atoms with Gasteiger partial charge in [-0.3, -0.25) is 0 Å². The Morgan fingerprint density at radius 2 is 1.67 bits per heavy atom. The van der Waals surface area contributed by atoms with Crippen LogP contribution in [0.5, 0.6) is 0 Å². The zero-order valence-corrected chi connectivity index (χ0v) is 14.9. The monoisotopic (exact) mass is 297 g/mol. The Kier molecular flexibility index (Phi) is 5.93. The first-order valence-corrected chi connectivity index (χ1v) is 7.89. The SMILES string of the molecule is C=C(NC(B1OC(C)(C)C(C)(C)O1)C(C)CC)[C@H](C)OC. The topological polar surface area (TPSA) is 39.7 Å². The number of nitrogens with one attached hydrogen (secondary N) is 1. The van der Waals surface area contributed by atoms with Crippen LogP contribution in [-0.2, 0) is 14.0 Å². The summed E-state index contributed by atoms with van der Waals surface area (Å²) in [6.45, 7) is 18.7. The molecule has 1 N–H and O–H groups in total. The maximum absolute atomic E-state index is 6.20. The van der Waals surface area contributed by atoms with Crippen molar-refractivity contribution in [1.29, 1.82) is 0 Å². The Labute approximate surface area is 130 Å². The summed E-state index contributed by atoms with van der Waals surface area (Å²) in [5.41, 5.74) is 0.218. The maximum atomic E-state index is 6.20. The minimum Gasteiger partial charge on any atom is -0.402 e. The molecular formula is C16H32BNO3. The summed E-state index contributed by atoms with van der Waals surface area (Å²) in [6.07, 6.45) is 0.995. The van der Waals surface area contributed by atoms with Crippen molar-refractivity contribution in [3.63, 3.8) is 0 Å². The lowest BCUT2D eigenvalue weighted by molar-refractivity contribution is 0.00578. The number of rotatable bonds is 7. The third-order valence-corrected chi connectivity index (χ3v) is 5.02. The van der Waals surface area contributed by atoms with Gasteiger partial charge in [-0.05, 0) is 40.5 Å². The zero-order chi connectivity index (χ0) is 16.4. The van der Waals surface area contributed by atoms with Crippen LogP contribution in [0.1, 0.15) is 54.9 Å². The Morgan fingerprint density at radius 3 is 2.05 bits per heavy atom. The number of ether oxygens (including phenoxy) is 1. The van der Waals surface area contributed by atoms with Gasteiger partial charge >= 0.3 is 7.12 Å². The predicted molar refractivity (Wildman–Crippen MR) is 88.1 cm³/mol. The summed E-state index contributed by atoms with van der Waals surface area (Å²) in [5, 5.41) is 3.47. The van der Waals surface area contributed by atoms with Crippen LogP contribution in [0.3, 0.4) is 0 Å². The average Bonchev–Trinajstić information content (AvgIpc) is 2.62. The van der Waals surface area contributed by atoms with Crippen molar-refractivity contribution in [3.05, 3.63) is 12.3 Å². The minimum atomic E-state index is -0.320. The summed E-state index contributed by atoms with van der Waals surface area (Å²) >= 11 is 0. The van der Waals surface area contributed by atoms with Crippen LogP contribution < -0.4 is 5.32 Å². The second-order valence-electron chi connectivity index (χ2n) is 7.08. The van der Waals surface area contributed by atoms with Crippen molar-refractivity contribution in [2.45, 2.75) is 78.1 Å². The average molecular weight is 297 g/mol. The Morgan fingerprint density at radius 1 is 1.19 bits per heavy atom. The largest absolute Gasteiger partial charge is 0.482 e. The van der Waals surface area contributed by atoms with E-state index < -0.39 is 0 Å². The molecule has 0 aromatic rings. The normalized spacial score (nSPS) is 24.5. The highest BCUT2D eigenvalue weighted by Crippen LogP contribution is 2.38. The van der Waals surface area contributed by atoms with Crippen LogP contribution in [0.2, 0.25) is 0 Å². The Bertz CT molecular complexity index is 355. The van der Waals surface area contributed by atoms with Gasteiger partial charge in [0.2, 0.25) is 0 Å². The molecule has 1 rings (SSSR count). The molecule has 0 amide bonds. The van der Waals surface area contributed by atoms with Gasteiger partial charge in [0, 0.05) is 12.8 Å². The van der Waals surface area contributed by atoms with Crippen molar-refractivity contribution in [1.82, 2.24) is 5.32 Å². The fraction of sp³-hybridized carbons (Fsp3) is 0.875. The summed E-state index contributed by atoms with van der Waals surface area (Å²) in [6, 6.07) is 0. The fourth-order valence-electron chi connectivity index (χ4n) is 2.24. The van der Waals surface area contributed by atoms with E-state index >= 15 is 0 Å². The first kappa shape index (κ1) is 18.5. The number of hydrogen-bond donors (Lipinski definition) is 1. The molecule has 0 radical (unpaired) electrons. The molecule has 21 heavy (non-hydrogen) atoms. The van der Waals surface area contributed by atoms with Crippen LogP contribution in [0, 0.1) is 5.92 Å². The van der Waals surface area contributed by atoms with Crippen molar-refractivity contribution in [2.75, 3.05) is 7.11 Å². The number of methoxy groups -OCH3 is 1. The van der Waals surface area contributed by atoms with Gasteiger partial charge in [0.15, 0.2) is 0 Å². The summed E-state index contributed by atoms with van der Waals surface area (Å²) in [4.78, 5) is 0. The highest BCUT2D eigenvalue weighted by Gasteiger charge is 2.54. The van der Waals surface area contributed by atoms with Crippen LogP contribution in [-0.4, -0.2) is 37.5 Å². The Balaban J connectivity index is 2.88. The quantitative estimate of drug-likeness (QED) is 0.733. The standard InChI is InChI=1S/C16H32BNO3/c1-10-11(2)14(18-12(3)13(4)19-9)17-20-15(5,6)16(7,8)21-17/h11,13-14,18H,3,10H2,1-2,4-9H3/t11?,13-,14?/m0/s1. The van der Waals surface area contributed by atoms with Gasteiger partial charge in [-0.2, -0.15) is 0 Å². The van der Waals surface area contributed by atoms with Gasteiger partial charge in [0.25, 0.3) is 0 Å². The molecule has 1 saturated heterocycles. The first-order chi connectivity index (χ1) is 9.55. The van der Waals surface area contributed by atoms with E-state index in [2.05, 4.69) is 53.4 Å². The van der Waals surface area contributed by atoms with E-state index in [0.29, 0.717) is 5.92 Å². The Hall–Kier alpha value is -0.515. The highest BCUT2D eigenvalue weighted by atomic mass is 16.7. The molecule has 122 valence electrons. The second-order valence-corrected chi connectivity index (χ2v) is 7.08. The van der Waals surface area contributed by atoms with Gasteiger partial charge in [-0.15, -0.1) is 0 Å². The summed E-state index contributed by atoms with van der Waals surface area (Å²) < 4.78 is 17.7. The molecular weight excluding hydrogens is 265 g/mol. The molecule has 1 heterocycles. The van der Waals surface area contributed by atoms with E-state index in [1.165, 1.54) is 0 Å². The third kappa shape index (κ3) is 4.02. The summed E-state index contributed by atoms with van der Waals surface area (Å²) in [7, 11) is 1.40. The van der Waals surface area contributed by atoms with E-state index in [4.69, 9.17) is 14.0 Å². The molecule has 3 atom stereocenters. The minimum absolute atomic E-state index is 0.0426. The smallest absolute Gasteiger partial charge is 0.402 e. The predicted octanol–water partition coefficient (Wildman–Crippen LogP) is 3.17. The zero-order valence-electron chi connectivity index (χ0n) is 14.9. The molecule has 4 nitrogen and oxygen atoms in total. The van der Waals surface area contributed by atoms with Crippen LogP contribution >= 0.6 is 0 Å². The molecule has 0 saturated carbocycles. The summed E-state index contributed by atoms with van der Waals surface area (Å²) in [5.74, 6) is 0.460. The van der Waals surface area contributed by atoms with Crippen molar-refractivity contribution in [3.8, 4) is 0 Å². The van der Waals surface area contributed by atoms with E-state index in [1.807, 2.05) is 6.92 Å². The van der Waals surface area contributed by atoms with Crippen LogP contribution in [0.4, 0.5) is 0 Å². The molecule has 0 aromatic carbocycles. The molecule has 1 fully saturated rings. The molecule has 0 spiro atoms. The van der Waals surface area contributed by atoms with Crippen molar-refractivity contribution < 1.29 is 14.0 Å². The molecule has 2 unspecified atom stereocenters. The maximum Gasteiger partial charge on any atom is 0.482 e. The lowest BCUT2D eigenvalue weighted by Crippen LogP contribution is -2.50. The van der Waals surface area contributed by atoms with Gasteiger partial charge in [-0.25, -0.2) is 0 Å². The third-order valence-electron chi connectivity index (χ3n) is 5.02. The van der Waals surface area contributed by atoms with Crippen molar-refractivity contribution in [2.24, 2.45) is 5.92 Å². The first-order valence-electron chi connectivity index (χ1n) is 7.89. The van der Waals surface area contributed by atoms with Crippen LogP contribution in [0.15, 0.2) is 12.3 Å².